The van der Waals surface area contributed by atoms with Crippen LogP contribution in [0.1, 0.15) is 16.7 Å². The summed E-state index contributed by atoms with van der Waals surface area (Å²) in [5, 5.41) is 0. The van der Waals surface area contributed by atoms with Gasteiger partial charge in [-0.15, -0.1) is 0 Å². The second kappa shape index (κ2) is 7.71. The van der Waals surface area contributed by atoms with Gasteiger partial charge >= 0.3 is 12.1 Å². The Morgan fingerprint density at radius 2 is 1.81 bits per heavy atom. The number of alkyl halides is 3. The minimum Gasteiger partial charge on any atom is -0.457 e. The molecule has 1 aliphatic rings. The molecule has 0 fully saturated rings. The van der Waals surface area contributed by atoms with Gasteiger partial charge in [0.15, 0.2) is 0 Å². The average Bonchev–Trinajstić information content (AvgIpc) is 3.00. The van der Waals surface area contributed by atoms with E-state index in [0.29, 0.717) is 4.90 Å². The molecule has 0 aromatic heterocycles. The molecule has 0 unspecified atom stereocenters. The molecule has 0 saturated carbocycles. The predicted octanol–water partition coefficient (Wildman–Crippen LogP) is 4.90. The van der Waals surface area contributed by atoms with Gasteiger partial charge in [-0.25, -0.2) is 14.1 Å². The summed E-state index contributed by atoms with van der Waals surface area (Å²) in [6, 6.07) is 8.26. The van der Waals surface area contributed by atoms with E-state index in [4.69, 9.17) is 4.74 Å². The fourth-order valence-corrected chi connectivity index (χ4v) is 3.02. The van der Waals surface area contributed by atoms with Crippen LogP contribution in [0.5, 0.6) is 0 Å². The number of esters is 1. The van der Waals surface area contributed by atoms with Crippen molar-refractivity contribution in [2.45, 2.75) is 11.1 Å². The molecule has 0 atom stereocenters. The van der Waals surface area contributed by atoms with Gasteiger partial charge in [-0.1, -0.05) is 18.2 Å². The Balaban J connectivity index is 2.00. The van der Waals surface area contributed by atoms with E-state index >= 15 is 0 Å². The molecule has 1 heterocycles. The fourth-order valence-electron chi connectivity index (χ4n) is 2.60. The molecule has 2 aromatic carbocycles. The van der Waals surface area contributed by atoms with Crippen molar-refractivity contribution in [1.82, 2.24) is 0 Å². The molecular formula is C18H12F4O4S. The summed E-state index contributed by atoms with van der Waals surface area (Å²) < 4.78 is 62.3. The summed E-state index contributed by atoms with van der Waals surface area (Å²) in [5.74, 6) is -1.34. The first-order valence-corrected chi connectivity index (χ1v) is 8.30. The van der Waals surface area contributed by atoms with E-state index in [0.717, 1.165) is 24.2 Å². The number of hydrogen-bond donors (Lipinski definition) is 0. The van der Waals surface area contributed by atoms with Crippen LogP contribution in [-0.4, -0.2) is 19.7 Å². The second-order valence-electron chi connectivity index (χ2n) is 5.46. The summed E-state index contributed by atoms with van der Waals surface area (Å²) >= 11 is 0.804. The number of halogens is 4. The highest BCUT2D eigenvalue weighted by Gasteiger charge is 2.32. The molecule has 0 radical (unpaired) electrons. The van der Waals surface area contributed by atoms with Crippen molar-refractivity contribution in [3.05, 3.63) is 65.0 Å². The summed E-state index contributed by atoms with van der Waals surface area (Å²) in [5.41, 5.74) is -0.193. The topological polar surface area (TPSA) is 44.8 Å². The molecule has 0 aliphatic carbocycles. The highest BCUT2D eigenvalue weighted by Crippen LogP contribution is 2.36. The molecule has 9 heteroatoms. The molecule has 142 valence electrons. The van der Waals surface area contributed by atoms with Gasteiger partial charge in [-0.05, 0) is 29.8 Å². The quantitative estimate of drug-likeness (QED) is 0.235. The third-order valence-corrected chi connectivity index (χ3v) is 4.47. The van der Waals surface area contributed by atoms with Crippen LogP contribution in [0.3, 0.4) is 0 Å². The van der Waals surface area contributed by atoms with Crippen LogP contribution in [0.15, 0.2) is 47.4 Å². The first kappa shape index (κ1) is 19.4. The molecule has 0 bridgehead atoms. The standard InChI is InChI=1S/C18H12F4O4S/c1-24-26-27-12-6-7-13(15(19)8-12)14-9-25-17(23)16(14)10-2-4-11(5-3-10)18(20,21)22/h2-8H,9H2,1H3. The van der Waals surface area contributed by atoms with Gasteiger partial charge in [0.2, 0.25) is 0 Å². The van der Waals surface area contributed by atoms with E-state index in [2.05, 4.69) is 9.22 Å². The zero-order chi connectivity index (χ0) is 19.6. The van der Waals surface area contributed by atoms with E-state index in [-0.39, 0.29) is 28.9 Å². The van der Waals surface area contributed by atoms with Crippen LogP contribution in [0, 0.1) is 5.82 Å². The largest absolute Gasteiger partial charge is 0.457 e. The maximum Gasteiger partial charge on any atom is 0.416 e. The first-order valence-electron chi connectivity index (χ1n) is 7.56. The Kier molecular flexibility index (Phi) is 5.54. The number of cyclic esters (lactones) is 1. The van der Waals surface area contributed by atoms with Gasteiger partial charge in [-0.2, -0.15) is 17.5 Å². The molecule has 4 nitrogen and oxygen atoms in total. The Labute approximate surface area is 155 Å². The molecule has 3 rings (SSSR count). The van der Waals surface area contributed by atoms with Gasteiger partial charge in [-0.3, -0.25) is 0 Å². The number of benzene rings is 2. The van der Waals surface area contributed by atoms with Crippen molar-refractivity contribution in [2.75, 3.05) is 13.7 Å². The number of hydrogen-bond acceptors (Lipinski definition) is 5. The molecule has 0 spiro atoms. The highest BCUT2D eigenvalue weighted by molar-refractivity contribution is 7.94. The zero-order valence-electron chi connectivity index (χ0n) is 13.8. The van der Waals surface area contributed by atoms with Crippen LogP contribution < -0.4 is 0 Å². The third kappa shape index (κ3) is 4.15. The van der Waals surface area contributed by atoms with Crippen molar-refractivity contribution < 1.29 is 36.3 Å². The maximum absolute atomic E-state index is 14.5. The molecule has 0 N–H and O–H groups in total. The van der Waals surface area contributed by atoms with Crippen LogP contribution in [-0.2, 0) is 24.9 Å². The molecule has 0 amide bonds. The molecule has 2 aromatic rings. The van der Waals surface area contributed by atoms with Gasteiger partial charge in [0.25, 0.3) is 0 Å². The van der Waals surface area contributed by atoms with Crippen molar-refractivity contribution in [3.8, 4) is 0 Å². The summed E-state index contributed by atoms with van der Waals surface area (Å²) in [7, 11) is 1.31. The van der Waals surface area contributed by atoms with Gasteiger partial charge in [0, 0.05) is 16.0 Å². The van der Waals surface area contributed by atoms with E-state index in [9.17, 15) is 22.4 Å². The molecule has 1 aliphatic heterocycles. The average molecular weight is 400 g/mol. The summed E-state index contributed by atoms with van der Waals surface area (Å²) in [6.07, 6.45) is -4.49. The number of ether oxygens (including phenoxy) is 1. The minimum absolute atomic E-state index is 0.0381. The lowest BCUT2D eigenvalue weighted by atomic mass is 9.95. The minimum atomic E-state index is -4.49. The second-order valence-corrected chi connectivity index (χ2v) is 6.24. The van der Waals surface area contributed by atoms with E-state index in [1.165, 1.54) is 31.4 Å². The number of carbonyl (C=O) groups is 1. The lowest BCUT2D eigenvalue weighted by molar-refractivity contribution is -0.160. The van der Waals surface area contributed by atoms with Crippen molar-refractivity contribution in [2.24, 2.45) is 0 Å². The first-order chi connectivity index (χ1) is 12.8. The van der Waals surface area contributed by atoms with Crippen LogP contribution >= 0.6 is 12.0 Å². The smallest absolute Gasteiger partial charge is 0.416 e. The zero-order valence-corrected chi connectivity index (χ0v) is 14.6. The lowest BCUT2D eigenvalue weighted by Gasteiger charge is -2.09. The Morgan fingerprint density at radius 1 is 1.11 bits per heavy atom. The molecule has 27 heavy (non-hydrogen) atoms. The van der Waals surface area contributed by atoms with Gasteiger partial charge in [0.05, 0.1) is 30.3 Å². The number of rotatable bonds is 5. The van der Waals surface area contributed by atoms with Gasteiger partial charge < -0.3 is 4.74 Å². The summed E-state index contributed by atoms with van der Waals surface area (Å²) in [6.45, 7) is -0.173. The fraction of sp³-hybridized carbons (Fsp3) is 0.167. The normalized spacial score (nSPS) is 14.6. The van der Waals surface area contributed by atoms with E-state index in [1.807, 2.05) is 0 Å². The molecular weight excluding hydrogens is 388 g/mol. The van der Waals surface area contributed by atoms with Crippen LogP contribution in [0.2, 0.25) is 0 Å². The summed E-state index contributed by atoms with van der Waals surface area (Å²) in [4.78, 5) is 16.9. The SMILES string of the molecule is COOSc1ccc(C2=C(c3ccc(C(F)(F)F)cc3)C(=O)OC2)c(F)c1. The van der Waals surface area contributed by atoms with Crippen molar-refractivity contribution >= 4 is 29.2 Å². The van der Waals surface area contributed by atoms with Crippen LogP contribution in [0.4, 0.5) is 17.6 Å². The van der Waals surface area contributed by atoms with Crippen molar-refractivity contribution in [3.63, 3.8) is 0 Å². The van der Waals surface area contributed by atoms with Crippen molar-refractivity contribution in [1.29, 1.82) is 0 Å². The Hall–Kier alpha value is -2.36. The van der Waals surface area contributed by atoms with Crippen LogP contribution in [0.25, 0.3) is 11.1 Å². The maximum atomic E-state index is 14.5. The monoisotopic (exact) mass is 400 g/mol. The molecule has 0 saturated heterocycles. The predicted molar refractivity (Wildman–Crippen MR) is 89.6 cm³/mol. The van der Waals surface area contributed by atoms with E-state index < -0.39 is 23.5 Å². The lowest BCUT2D eigenvalue weighted by Crippen LogP contribution is -2.05. The Bertz CT molecular complexity index is 891. The third-order valence-electron chi connectivity index (χ3n) is 3.82. The number of carbonyl (C=O) groups excluding carboxylic acids is 1. The highest BCUT2D eigenvalue weighted by atomic mass is 32.2. The Morgan fingerprint density at radius 3 is 2.41 bits per heavy atom. The van der Waals surface area contributed by atoms with E-state index in [1.54, 1.807) is 6.07 Å². The van der Waals surface area contributed by atoms with Gasteiger partial charge in [0.1, 0.15) is 12.4 Å².